The summed E-state index contributed by atoms with van der Waals surface area (Å²) in [6, 6.07) is 2.18. The Hall–Kier alpha value is -1.54. The quantitative estimate of drug-likeness (QED) is 0.809. The summed E-state index contributed by atoms with van der Waals surface area (Å²) < 4.78 is 7.48. The largest absolute Gasteiger partial charge is 0.376 e. The molecule has 0 unspecified atom stereocenters. The molecule has 1 N–H and O–H groups in total. The van der Waals surface area contributed by atoms with Gasteiger partial charge in [0.1, 0.15) is 17.5 Å². The van der Waals surface area contributed by atoms with Crippen molar-refractivity contribution in [3.8, 4) is 6.07 Å². The molecule has 18 heavy (non-hydrogen) atoms. The van der Waals surface area contributed by atoms with Crippen molar-refractivity contribution in [1.29, 1.82) is 5.26 Å². The van der Waals surface area contributed by atoms with Crippen LogP contribution in [0.2, 0.25) is 0 Å². The fourth-order valence-corrected chi connectivity index (χ4v) is 2.44. The highest BCUT2D eigenvalue weighted by Crippen LogP contribution is 2.21. The number of aryl methyl sites for hydroxylation is 2. The minimum atomic E-state index is 0.440. The second-order valence-electron chi connectivity index (χ2n) is 4.75. The number of hydrogen-bond acceptors (Lipinski definition) is 4. The number of ether oxygens (including phenoxy) is 1. The molecule has 0 aromatic carbocycles. The second-order valence-corrected chi connectivity index (χ2v) is 4.75. The van der Waals surface area contributed by atoms with Crippen LogP contribution in [0.4, 0.5) is 5.82 Å². The molecular formula is C13H20N4O. The van der Waals surface area contributed by atoms with E-state index in [1.54, 1.807) is 4.68 Å². The molecule has 1 saturated carbocycles. The maximum atomic E-state index is 9.07. The lowest BCUT2D eigenvalue weighted by Gasteiger charge is -2.12. The number of hydrogen-bond donors (Lipinski definition) is 1. The molecule has 1 aliphatic carbocycles. The molecule has 1 aromatic heterocycles. The van der Waals surface area contributed by atoms with Gasteiger partial charge < -0.3 is 10.1 Å². The fraction of sp³-hybridized carbons (Fsp3) is 0.692. The van der Waals surface area contributed by atoms with Gasteiger partial charge >= 0.3 is 0 Å². The van der Waals surface area contributed by atoms with Crippen molar-refractivity contribution >= 4 is 5.82 Å². The predicted octanol–water partition coefficient (Wildman–Crippen LogP) is 1.97. The van der Waals surface area contributed by atoms with Gasteiger partial charge in [0.2, 0.25) is 0 Å². The normalized spacial score (nSPS) is 15.8. The Morgan fingerprint density at radius 1 is 1.50 bits per heavy atom. The highest BCUT2D eigenvalue weighted by Gasteiger charge is 2.15. The van der Waals surface area contributed by atoms with Crippen LogP contribution in [-0.4, -0.2) is 29.0 Å². The molecule has 1 heterocycles. The third-order valence-corrected chi connectivity index (χ3v) is 3.38. The van der Waals surface area contributed by atoms with Crippen LogP contribution in [0.3, 0.4) is 0 Å². The molecule has 5 nitrogen and oxygen atoms in total. The van der Waals surface area contributed by atoms with E-state index in [0.29, 0.717) is 24.8 Å². The third-order valence-electron chi connectivity index (χ3n) is 3.38. The van der Waals surface area contributed by atoms with Gasteiger partial charge in [0.25, 0.3) is 0 Å². The first-order valence-electron chi connectivity index (χ1n) is 6.51. The predicted molar refractivity (Wildman–Crippen MR) is 69.4 cm³/mol. The molecule has 0 amide bonds. The van der Waals surface area contributed by atoms with Gasteiger partial charge in [-0.3, -0.25) is 4.68 Å². The molecule has 2 rings (SSSR count). The zero-order valence-electron chi connectivity index (χ0n) is 11.1. The Bertz CT molecular complexity index is 441. The lowest BCUT2D eigenvalue weighted by atomic mass is 10.2. The van der Waals surface area contributed by atoms with Gasteiger partial charge in [0.05, 0.1) is 18.4 Å². The van der Waals surface area contributed by atoms with Crippen LogP contribution in [0.5, 0.6) is 0 Å². The minimum absolute atomic E-state index is 0.440. The summed E-state index contributed by atoms with van der Waals surface area (Å²) in [5, 5.41) is 16.5. The molecule has 0 bridgehead atoms. The van der Waals surface area contributed by atoms with Crippen LogP contribution in [0, 0.1) is 18.3 Å². The van der Waals surface area contributed by atoms with E-state index in [1.165, 1.54) is 25.7 Å². The second kappa shape index (κ2) is 5.87. The molecular weight excluding hydrogens is 228 g/mol. The first-order valence-corrected chi connectivity index (χ1v) is 6.51. The number of aromatic nitrogens is 2. The van der Waals surface area contributed by atoms with Crippen molar-refractivity contribution < 1.29 is 4.74 Å². The van der Waals surface area contributed by atoms with Crippen molar-refractivity contribution in [2.24, 2.45) is 7.05 Å². The Morgan fingerprint density at radius 3 is 2.89 bits per heavy atom. The summed E-state index contributed by atoms with van der Waals surface area (Å²) in [5.41, 5.74) is 1.39. The molecule has 1 fully saturated rings. The van der Waals surface area contributed by atoms with Crippen molar-refractivity contribution in [1.82, 2.24) is 9.78 Å². The van der Waals surface area contributed by atoms with Crippen LogP contribution in [-0.2, 0) is 11.8 Å². The zero-order chi connectivity index (χ0) is 13.0. The summed E-state index contributed by atoms with van der Waals surface area (Å²) in [4.78, 5) is 0. The first kappa shape index (κ1) is 12.9. The van der Waals surface area contributed by atoms with E-state index in [2.05, 4.69) is 16.5 Å². The summed E-state index contributed by atoms with van der Waals surface area (Å²) in [6.07, 6.45) is 5.40. The van der Waals surface area contributed by atoms with Gasteiger partial charge in [-0.1, -0.05) is 12.8 Å². The zero-order valence-corrected chi connectivity index (χ0v) is 11.1. The van der Waals surface area contributed by atoms with Crippen LogP contribution >= 0.6 is 0 Å². The average Bonchev–Trinajstić information content (AvgIpc) is 2.93. The maximum absolute atomic E-state index is 9.07. The van der Waals surface area contributed by atoms with E-state index >= 15 is 0 Å². The van der Waals surface area contributed by atoms with Gasteiger partial charge in [0.15, 0.2) is 0 Å². The monoisotopic (exact) mass is 248 g/mol. The summed E-state index contributed by atoms with van der Waals surface area (Å²) in [7, 11) is 1.84. The maximum Gasteiger partial charge on any atom is 0.142 e. The van der Waals surface area contributed by atoms with Gasteiger partial charge in [-0.05, 0) is 19.8 Å². The molecule has 1 aromatic rings. The number of anilines is 1. The molecule has 5 heteroatoms. The average molecular weight is 248 g/mol. The number of nitrogens with one attached hydrogen (secondary N) is 1. The van der Waals surface area contributed by atoms with Crippen molar-refractivity contribution in [2.45, 2.75) is 38.7 Å². The molecule has 0 atom stereocenters. The van der Waals surface area contributed by atoms with E-state index in [4.69, 9.17) is 10.00 Å². The summed E-state index contributed by atoms with van der Waals surface area (Å²) in [6.45, 7) is 3.24. The van der Waals surface area contributed by atoms with Crippen molar-refractivity contribution in [3.05, 3.63) is 11.3 Å². The Balaban J connectivity index is 1.81. The van der Waals surface area contributed by atoms with Gasteiger partial charge in [0, 0.05) is 13.6 Å². The molecule has 1 aliphatic rings. The lowest BCUT2D eigenvalue weighted by molar-refractivity contribution is 0.0658. The summed E-state index contributed by atoms with van der Waals surface area (Å²) in [5.74, 6) is 0.782. The van der Waals surface area contributed by atoms with Crippen molar-refractivity contribution in [3.63, 3.8) is 0 Å². The van der Waals surface area contributed by atoms with Crippen LogP contribution < -0.4 is 5.32 Å². The SMILES string of the molecule is Cc1nn(C)c(NCCOC2CCCC2)c1C#N. The molecule has 98 valence electrons. The first-order chi connectivity index (χ1) is 8.72. The highest BCUT2D eigenvalue weighted by atomic mass is 16.5. The molecule has 0 spiro atoms. The molecule has 0 aliphatic heterocycles. The van der Waals surface area contributed by atoms with Gasteiger partial charge in [-0.25, -0.2) is 0 Å². The van der Waals surface area contributed by atoms with Crippen LogP contribution in [0.1, 0.15) is 36.9 Å². The Morgan fingerprint density at radius 2 is 2.22 bits per heavy atom. The standard InChI is InChI=1S/C13H20N4O/c1-10-12(9-14)13(17(2)16-10)15-7-8-18-11-5-3-4-6-11/h11,15H,3-8H2,1-2H3. The van der Waals surface area contributed by atoms with E-state index in [1.807, 2.05) is 14.0 Å². The fourth-order valence-electron chi connectivity index (χ4n) is 2.44. The Labute approximate surface area is 108 Å². The Kier molecular flexibility index (Phi) is 4.21. The van der Waals surface area contributed by atoms with E-state index in [0.717, 1.165) is 11.5 Å². The lowest BCUT2D eigenvalue weighted by Crippen LogP contribution is -2.17. The van der Waals surface area contributed by atoms with E-state index in [-0.39, 0.29) is 0 Å². The number of nitrogens with zero attached hydrogens (tertiary/aromatic N) is 3. The molecule has 0 saturated heterocycles. The van der Waals surface area contributed by atoms with Crippen LogP contribution in [0.25, 0.3) is 0 Å². The van der Waals surface area contributed by atoms with Gasteiger partial charge in [-0.2, -0.15) is 10.4 Å². The van der Waals surface area contributed by atoms with Crippen LogP contribution in [0.15, 0.2) is 0 Å². The summed E-state index contributed by atoms with van der Waals surface area (Å²) >= 11 is 0. The third kappa shape index (κ3) is 2.82. The van der Waals surface area contributed by atoms with E-state index < -0.39 is 0 Å². The van der Waals surface area contributed by atoms with Crippen molar-refractivity contribution in [2.75, 3.05) is 18.5 Å². The molecule has 0 radical (unpaired) electrons. The topological polar surface area (TPSA) is 62.9 Å². The number of rotatable bonds is 5. The van der Waals surface area contributed by atoms with Gasteiger partial charge in [-0.15, -0.1) is 0 Å². The number of nitriles is 1. The van der Waals surface area contributed by atoms with E-state index in [9.17, 15) is 0 Å². The smallest absolute Gasteiger partial charge is 0.142 e. The highest BCUT2D eigenvalue weighted by molar-refractivity contribution is 5.54. The minimum Gasteiger partial charge on any atom is -0.376 e.